The number of aromatic hydroxyl groups is 1. The first-order valence-electron chi connectivity index (χ1n) is 6.39. The molecule has 1 saturated heterocycles. The van der Waals surface area contributed by atoms with E-state index < -0.39 is 0 Å². The maximum absolute atomic E-state index is 12.0. The summed E-state index contributed by atoms with van der Waals surface area (Å²) >= 11 is 0. The highest BCUT2D eigenvalue weighted by Crippen LogP contribution is 2.20. The van der Waals surface area contributed by atoms with Crippen LogP contribution in [0.1, 0.15) is 25.5 Å². The van der Waals surface area contributed by atoms with Gasteiger partial charge in [-0.1, -0.05) is 26.0 Å². The number of piperazine rings is 1. The first-order valence-corrected chi connectivity index (χ1v) is 6.39. The lowest BCUT2D eigenvalue weighted by atomic mass is 10.0. The van der Waals surface area contributed by atoms with Gasteiger partial charge in [0, 0.05) is 31.6 Å². The molecule has 4 heteroatoms. The van der Waals surface area contributed by atoms with E-state index in [9.17, 15) is 9.90 Å². The molecule has 2 N–H and O–H groups in total. The van der Waals surface area contributed by atoms with E-state index in [0.29, 0.717) is 6.54 Å². The minimum Gasteiger partial charge on any atom is -0.508 e. The second-order valence-corrected chi connectivity index (χ2v) is 5.04. The Morgan fingerprint density at radius 1 is 1.39 bits per heavy atom. The Kier molecular flexibility index (Phi) is 3.87. The number of amides is 1. The number of hydrogen-bond donors (Lipinski definition) is 2. The molecule has 1 atom stereocenters. The van der Waals surface area contributed by atoms with Gasteiger partial charge in [0.1, 0.15) is 5.75 Å². The van der Waals surface area contributed by atoms with Crippen molar-refractivity contribution in [3.8, 4) is 5.75 Å². The summed E-state index contributed by atoms with van der Waals surface area (Å²) in [6.07, 6.45) is 0. The van der Waals surface area contributed by atoms with Crippen molar-refractivity contribution in [1.29, 1.82) is 0 Å². The van der Waals surface area contributed by atoms with Crippen LogP contribution in [0.5, 0.6) is 5.75 Å². The summed E-state index contributed by atoms with van der Waals surface area (Å²) in [5.41, 5.74) is 1.11. The van der Waals surface area contributed by atoms with Crippen molar-refractivity contribution in [3.63, 3.8) is 0 Å². The van der Waals surface area contributed by atoms with Gasteiger partial charge in [0.05, 0.1) is 0 Å². The number of hydrogen-bond acceptors (Lipinski definition) is 3. The molecule has 4 nitrogen and oxygen atoms in total. The van der Waals surface area contributed by atoms with Gasteiger partial charge in [0.2, 0.25) is 5.91 Å². The van der Waals surface area contributed by atoms with Crippen LogP contribution in [0.25, 0.3) is 0 Å². The molecular formula is C14H20N2O2. The van der Waals surface area contributed by atoms with Gasteiger partial charge in [-0.05, 0) is 17.7 Å². The molecule has 0 radical (unpaired) electrons. The second kappa shape index (κ2) is 5.40. The number of benzene rings is 1. The zero-order valence-electron chi connectivity index (χ0n) is 10.9. The molecule has 0 saturated carbocycles. The maximum atomic E-state index is 12.0. The quantitative estimate of drug-likeness (QED) is 0.834. The highest BCUT2D eigenvalue weighted by molar-refractivity contribution is 5.78. The van der Waals surface area contributed by atoms with Crippen molar-refractivity contribution in [3.05, 3.63) is 29.8 Å². The van der Waals surface area contributed by atoms with Gasteiger partial charge < -0.3 is 15.3 Å². The first kappa shape index (κ1) is 12.9. The van der Waals surface area contributed by atoms with Crippen LogP contribution in [0.2, 0.25) is 0 Å². The smallest absolute Gasteiger partial charge is 0.225 e. The number of carbonyl (C=O) groups excluding carboxylic acids is 1. The van der Waals surface area contributed by atoms with Crippen molar-refractivity contribution in [2.24, 2.45) is 5.92 Å². The van der Waals surface area contributed by atoms with E-state index in [1.165, 1.54) is 0 Å². The SMILES string of the molecule is CC(C)C(=O)N1CCNC(c2ccc(O)cc2)C1. The molecule has 1 heterocycles. The fourth-order valence-electron chi connectivity index (χ4n) is 2.25. The number of phenols is 1. The van der Waals surface area contributed by atoms with Gasteiger partial charge >= 0.3 is 0 Å². The van der Waals surface area contributed by atoms with Crippen molar-refractivity contribution < 1.29 is 9.90 Å². The molecule has 1 unspecified atom stereocenters. The molecular weight excluding hydrogens is 228 g/mol. The number of phenolic OH excluding ortho intramolecular Hbond substituents is 1. The monoisotopic (exact) mass is 248 g/mol. The maximum Gasteiger partial charge on any atom is 0.225 e. The zero-order chi connectivity index (χ0) is 13.1. The molecule has 1 aliphatic heterocycles. The standard InChI is InChI=1S/C14H20N2O2/c1-10(2)14(18)16-8-7-15-13(9-16)11-3-5-12(17)6-4-11/h3-6,10,13,15,17H,7-9H2,1-2H3. The summed E-state index contributed by atoms with van der Waals surface area (Å²) in [7, 11) is 0. The van der Waals surface area contributed by atoms with Gasteiger partial charge in [0.25, 0.3) is 0 Å². The van der Waals surface area contributed by atoms with Crippen LogP contribution in [0.3, 0.4) is 0 Å². The lowest BCUT2D eigenvalue weighted by Gasteiger charge is -2.35. The van der Waals surface area contributed by atoms with Crippen LogP contribution in [0.4, 0.5) is 0 Å². The highest BCUT2D eigenvalue weighted by atomic mass is 16.3. The van der Waals surface area contributed by atoms with Gasteiger partial charge in [-0.15, -0.1) is 0 Å². The molecule has 1 aromatic carbocycles. The predicted octanol–water partition coefficient (Wildman–Crippen LogP) is 1.52. The van der Waals surface area contributed by atoms with Crippen LogP contribution in [0, 0.1) is 5.92 Å². The van der Waals surface area contributed by atoms with E-state index in [4.69, 9.17) is 0 Å². The van der Waals surface area contributed by atoms with E-state index in [1.807, 2.05) is 30.9 Å². The average Bonchev–Trinajstić information content (AvgIpc) is 2.38. The number of nitrogens with zero attached hydrogens (tertiary/aromatic N) is 1. The lowest BCUT2D eigenvalue weighted by Crippen LogP contribution is -2.49. The van der Waals surface area contributed by atoms with E-state index in [-0.39, 0.29) is 23.6 Å². The van der Waals surface area contributed by atoms with Crippen LogP contribution >= 0.6 is 0 Å². The molecule has 1 aliphatic rings. The van der Waals surface area contributed by atoms with Gasteiger partial charge in [0.15, 0.2) is 0 Å². The molecule has 1 amide bonds. The molecule has 0 aromatic heterocycles. The van der Waals surface area contributed by atoms with Crippen LogP contribution < -0.4 is 5.32 Å². The summed E-state index contributed by atoms with van der Waals surface area (Å²) in [5, 5.41) is 12.7. The average molecular weight is 248 g/mol. The lowest BCUT2D eigenvalue weighted by molar-refractivity contribution is -0.135. The van der Waals surface area contributed by atoms with Crippen molar-refractivity contribution >= 4 is 5.91 Å². The van der Waals surface area contributed by atoms with Crippen LogP contribution in [-0.4, -0.2) is 35.5 Å². The minimum atomic E-state index is 0.0450. The summed E-state index contributed by atoms with van der Waals surface area (Å²) < 4.78 is 0. The summed E-state index contributed by atoms with van der Waals surface area (Å²) in [5.74, 6) is 0.522. The Balaban J connectivity index is 2.07. The van der Waals surface area contributed by atoms with E-state index in [1.54, 1.807) is 12.1 Å². The second-order valence-electron chi connectivity index (χ2n) is 5.04. The fraction of sp³-hybridized carbons (Fsp3) is 0.500. The van der Waals surface area contributed by atoms with Crippen molar-refractivity contribution in [2.75, 3.05) is 19.6 Å². The first-order chi connectivity index (χ1) is 8.58. The molecule has 18 heavy (non-hydrogen) atoms. The highest BCUT2D eigenvalue weighted by Gasteiger charge is 2.25. The zero-order valence-corrected chi connectivity index (χ0v) is 10.9. The van der Waals surface area contributed by atoms with Crippen LogP contribution in [-0.2, 0) is 4.79 Å². The van der Waals surface area contributed by atoms with E-state index >= 15 is 0 Å². The summed E-state index contributed by atoms with van der Waals surface area (Å²) in [6, 6.07) is 7.31. The van der Waals surface area contributed by atoms with Gasteiger partial charge in [-0.2, -0.15) is 0 Å². The third-order valence-corrected chi connectivity index (χ3v) is 3.28. The third-order valence-electron chi connectivity index (χ3n) is 3.28. The number of rotatable bonds is 2. The largest absolute Gasteiger partial charge is 0.508 e. The van der Waals surface area contributed by atoms with Gasteiger partial charge in [-0.25, -0.2) is 0 Å². The number of carbonyl (C=O) groups is 1. The van der Waals surface area contributed by atoms with E-state index in [0.717, 1.165) is 18.7 Å². The van der Waals surface area contributed by atoms with Crippen molar-refractivity contribution in [1.82, 2.24) is 10.2 Å². The Hall–Kier alpha value is -1.55. The molecule has 0 bridgehead atoms. The Morgan fingerprint density at radius 3 is 2.67 bits per heavy atom. The van der Waals surface area contributed by atoms with Crippen molar-refractivity contribution in [2.45, 2.75) is 19.9 Å². The molecule has 2 rings (SSSR count). The normalized spacial score (nSPS) is 20.2. The molecule has 0 aliphatic carbocycles. The molecule has 1 aromatic rings. The number of nitrogens with one attached hydrogen (secondary N) is 1. The minimum absolute atomic E-state index is 0.0450. The topological polar surface area (TPSA) is 52.6 Å². The Morgan fingerprint density at radius 2 is 2.06 bits per heavy atom. The van der Waals surface area contributed by atoms with E-state index in [2.05, 4.69) is 5.32 Å². The molecule has 98 valence electrons. The third kappa shape index (κ3) is 2.82. The van der Waals surface area contributed by atoms with Crippen LogP contribution in [0.15, 0.2) is 24.3 Å². The Bertz CT molecular complexity index is 414. The summed E-state index contributed by atoms with van der Waals surface area (Å²) in [4.78, 5) is 13.9. The van der Waals surface area contributed by atoms with Gasteiger partial charge in [-0.3, -0.25) is 4.79 Å². The fourth-order valence-corrected chi connectivity index (χ4v) is 2.25. The Labute approximate surface area is 108 Å². The summed E-state index contributed by atoms with van der Waals surface area (Å²) in [6.45, 7) is 6.14. The molecule has 0 spiro atoms. The molecule has 1 fully saturated rings. The predicted molar refractivity (Wildman–Crippen MR) is 70.3 cm³/mol.